The van der Waals surface area contributed by atoms with Crippen LogP contribution in [0.2, 0.25) is 0 Å². The molecule has 240 valence electrons. The summed E-state index contributed by atoms with van der Waals surface area (Å²) in [6.07, 6.45) is -0.344. The topological polar surface area (TPSA) is 165 Å². The number of para-hydroxylation sites is 2. The molecule has 5 N–H and O–H groups in total. The molecule has 0 saturated heterocycles. The number of ether oxygens (including phenoxy) is 1. The van der Waals surface area contributed by atoms with Gasteiger partial charge in [0.2, 0.25) is 17.7 Å². The fourth-order valence-electron chi connectivity index (χ4n) is 5.87. The van der Waals surface area contributed by atoms with Crippen LogP contribution in [0.15, 0.2) is 84.9 Å². The van der Waals surface area contributed by atoms with Crippen molar-refractivity contribution in [2.75, 3.05) is 35.3 Å². The van der Waals surface area contributed by atoms with Crippen molar-refractivity contribution < 1.29 is 28.7 Å². The smallest absolute Gasteiger partial charge is 0.258 e. The monoisotopic (exact) mass is 633 g/mol. The van der Waals surface area contributed by atoms with Crippen LogP contribution in [0.5, 0.6) is 5.75 Å². The van der Waals surface area contributed by atoms with Gasteiger partial charge in [0.1, 0.15) is 12.3 Å². The number of carbonyl (C=O) groups is 5. The van der Waals surface area contributed by atoms with Gasteiger partial charge in [-0.05, 0) is 66.9 Å². The van der Waals surface area contributed by atoms with Crippen LogP contribution in [0.1, 0.15) is 38.3 Å². The van der Waals surface area contributed by atoms with Gasteiger partial charge < -0.3 is 31.3 Å². The first-order valence-corrected chi connectivity index (χ1v) is 14.9. The Morgan fingerprint density at radius 2 is 1.55 bits per heavy atom. The zero-order valence-corrected chi connectivity index (χ0v) is 26.3. The highest BCUT2D eigenvalue weighted by Crippen LogP contribution is 2.37. The number of hydrogen-bond acceptors (Lipinski definition) is 6. The second kappa shape index (κ2) is 13.6. The number of primary amides is 2. The van der Waals surface area contributed by atoms with Crippen molar-refractivity contribution in [3.8, 4) is 16.9 Å². The number of carbonyl (C=O) groups excluding carboxylic acids is 5. The number of anilines is 3. The molecule has 1 aliphatic heterocycles. The number of fused-ring (bicyclic) bond motifs is 1. The van der Waals surface area contributed by atoms with E-state index in [4.69, 9.17) is 16.2 Å². The van der Waals surface area contributed by atoms with Gasteiger partial charge in [-0.1, -0.05) is 54.1 Å². The summed E-state index contributed by atoms with van der Waals surface area (Å²) in [4.78, 5) is 67.6. The minimum Gasteiger partial charge on any atom is -0.495 e. The SMILES string of the molecule is COc1cc(C(=O)N2CC(CC(N)=O)C(=O)N(CC(N)=O)c3ccccc32)ccc1NC(=O)c1ccccc1-c1ccc(C)cc1C. The first-order chi connectivity index (χ1) is 22.5. The Hall–Kier alpha value is -5.97. The molecular weight excluding hydrogens is 598 g/mol. The van der Waals surface area contributed by atoms with Crippen molar-refractivity contribution in [2.45, 2.75) is 20.3 Å². The van der Waals surface area contributed by atoms with E-state index in [1.807, 2.05) is 38.1 Å². The lowest BCUT2D eigenvalue weighted by molar-refractivity contribution is -0.127. The molecule has 4 aromatic rings. The van der Waals surface area contributed by atoms with Crippen LogP contribution in [0, 0.1) is 19.8 Å². The molecule has 4 aromatic carbocycles. The minimum atomic E-state index is -1.03. The van der Waals surface area contributed by atoms with Gasteiger partial charge >= 0.3 is 0 Å². The van der Waals surface area contributed by atoms with E-state index >= 15 is 0 Å². The Bertz CT molecular complexity index is 1900. The third-order valence-electron chi connectivity index (χ3n) is 8.03. The maximum atomic E-state index is 14.1. The fourth-order valence-corrected chi connectivity index (χ4v) is 5.87. The number of nitrogens with two attached hydrogens (primary N) is 2. The number of hydrogen-bond donors (Lipinski definition) is 3. The quantitative estimate of drug-likeness (QED) is 0.250. The summed E-state index contributed by atoms with van der Waals surface area (Å²) in [6, 6.07) is 24.6. The molecule has 1 aliphatic rings. The highest BCUT2D eigenvalue weighted by molar-refractivity contribution is 6.14. The maximum Gasteiger partial charge on any atom is 0.258 e. The lowest BCUT2D eigenvalue weighted by Crippen LogP contribution is -2.44. The minimum absolute atomic E-state index is 0.178. The molecule has 0 fully saturated rings. The zero-order valence-electron chi connectivity index (χ0n) is 26.3. The van der Waals surface area contributed by atoms with E-state index in [2.05, 4.69) is 11.4 Å². The Morgan fingerprint density at radius 1 is 0.851 bits per heavy atom. The summed E-state index contributed by atoms with van der Waals surface area (Å²) in [6.45, 7) is 3.39. The number of methoxy groups -OCH3 is 1. The first kappa shape index (κ1) is 32.4. The van der Waals surface area contributed by atoms with E-state index in [1.54, 1.807) is 42.5 Å². The van der Waals surface area contributed by atoms with Crippen LogP contribution in [0.3, 0.4) is 0 Å². The summed E-state index contributed by atoms with van der Waals surface area (Å²) in [7, 11) is 1.42. The molecule has 47 heavy (non-hydrogen) atoms. The Kier molecular flexibility index (Phi) is 9.36. The number of nitrogens with one attached hydrogen (secondary N) is 1. The molecule has 0 radical (unpaired) electrons. The van der Waals surface area contributed by atoms with Gasteiger partial charge in [-0.25, -0.2) is 0 Å². The van der Waals surface area contributed by atoms with Gasteiger partial charge in [0.05, 0.1) is 30.1 Å². The van der Waals surface area contributed by atoms with Crippen molar-refractivity contribution in [3.05, 3.63) is 107 Å². The Labute approximate surface area is 272 Å². The van der Waals surface area contributed by atoms with E-state index in [1.165, 1.54) is 29.0 Å². The van der Waals surface area contributed by atoms with Crippen molar-refractivity contribution in [1.29, 1.82) is 0 Å². The van der Waals surface area contributed by atoms with Crippen molar-refractivity contribution >= 4 is 46.6 Å². The molecule has 5 amide bonds. The molecule has 0 aromatic heterocycles. The van der Waals surface area contributed by atoms with Crippen molar-refractivity contribution in [3.63, 3.8) is 0 Å². The molecular formula is C36H35N5O6. The summed E-state index contributed by atoms with van der Waals surface area (Å²) < 4.78 is 5.59. The predicted octanol–water partition coefficient (Wildman–Crippen LogP) is 4.20. The Morgan fingerprint density at radius 3 is 2.23 bits per heavy atom. The molecule has 0 bridgehead atoms. The molecule has 1 heterocycles. The normalized spacial score (nSPS) is 14.2. The number of benzene rings is 4. The van der Waals surface area contributed by atoms with Crippen molar-refractivity contribution in [2.24, 2.45) is 17.4 Å². The molecule has 11 nitrogen and oxygen atoms in total. The van der Waals surface area contributed by atoms with Crippen LogP contribution < -0.4 is 31.3 Å². The molecule has 1 unspecified atom stereocenters. The van der Waals surface area contributed by atoms with Crippen LogP contribution in [-0.4, -0.2) is 49.7 Å². The molecule has 11 heteroatoms. The highest BCUT2D eigenvalue weighted by atomic mass is 16.5. The molecule has 0 spiro atoms. The second-order valence-corrected chi connectivity index (χ2v) is 11.4. The molecule has 0 saturated carbocycles. The van der Waals surface area contributed by atoms with Crippen LogP contribution >= 0.6 is 0 Å². The van der Waals surface area contributed by atoms with Gasteiger partial charge in [-0.3, -0.25) is 24.0 Å². The molecule has 1 atom stereocenters. The summed E-state index contributed by atoms with van der Waals surface area (Å²) in [5.74, 6) is -3.70. The van der Waals surface area contributed by atoms with Crippen LogP contribution in [0.25, 0.3) is 11.1 Å². The predicted molar refractivity (Wildman–Crippen MR) is 179 cm³/mol. The highest BCUT2D eigenvalue weighted by Gasteiger charge is 2.37. The third kappa shape index (κ3) is 6.84. The van der Waals surface area contributed by atoms with E-state index in [0.717, 1.165) is 22.3 Å². The van der Waals surface area contributed by atoms with E-state index in [-0.39, 0.29) is 35.9 Å². The standard InChI is InChI=1S/C36H35N5O6/c1-21-12-14-25(22(2)16-21)26-8-4-5-9-27(26)34(44)39-28-15-13-23(17-31(28)47-3)35(45)40-19-24(18-32(37)42)36(46)41(20-33(38)43)30-11-7-6-10-29(30)40/h4-17,24H,18-20H2,1-3H3,(H2,37,42)(H2,38,43)(H,39,44). The van der Waals surface area contributed by atoms with Crippen LogP contribution in [0.4, 0.5) is 17.1 Å². The number of nitrogens with zero attached hydrogens (tertiary/aromatic N) is 2. The van der Waals surface area contributed by atoms with Gasteiger partial charge in [0.25, 0.3) is 11.8 Å². The van der Waals surface area contributed by atoms with E-state index in [0.29, 0.717) is 16.9 Å². The third-order valence-corrected chi connectivity index (χ3v) is 8.03. The lowest BCUT2D eigenvalue weighted by Gasteiger charge is -2.25. The van der Waals surface area contributed by atoms with Gasteiger partial charge in [-0.15, -0.1) is 0 Å². The number of aryl methyl sites for hydroxylation is 2. The van der Waals surface area contributed by atoms with Gasteiger partial charge in [-0.2, -0.15) is 0 Å². The average molecular weight is 634 g/mol. The van der Waals surface area contributed by atoms with Gasteiger partial charge in [0.15, 0.2) is 0 Å². The first-order valence-electron chi connectivity index (χ1n) is 14.9. The van der Waals surface area contributed by atoms with Crippen molar-refractivity contribution in [1.82, 2.24) is 0 Å². The zero-order chi connectivity index (χ0) is 33.8. The Balaban J connectivity index is 1.48. The van der Waals surface area contributed by atoms with Gasteiger partial charge in [0, 0.05) is 24.1 Å². The number of amides is 5. The fraction of sp³-hybridized carbons (Fsp3) is 0.194. The largest absolute Gasteiger partial charge is 0.495 e. The van der Waals surface area contributed by atoms with Crippen LogP contribution in [-0.2, 0) is 14.4 Å². The van der Waals surface area contributed by atoms with E-state index in [9.17, 15) is 24.0 Å². The molecule has 0 aliphatic carbocycles. The summed E-state index contributed by atoms with van der Waals surface area (Å²) >= 11 is 0. The summed E-state index contributed by atoms with van der Waals surface area (Å²) in [5, 5.41) is 2.91. The second-order valence-electron chi connectivity index (χ2n) is 11.4. The summed E-state index contributed by atoms with van der Waals surface area (Å²) in [5.41, 5.74) is 16.4. The number of rotatable bonds is 9. The lowest BCUT2D eigenvalue weighted by atomic mass is 9.94. The maximum absolute atomic E-state index is 14.1. The van der Waals surface area contributed by atoms with E-state index < -0.39 is 36.1 Å². The average Bonchev–Trinajstić information content (AvgIpc) is 3.15. The molecule has 5 rings (SSSR count).